The van der Waals surface area contributed by atoms with Gasteiger partial charge >= 0.3 is 0 Å². The maximum Gasteiger partial charge on any atom is 0.119 e. The molecule has 100 valence electrons. The van der Waals surface area contributed by atoms with Gasteiger partial charge in [0, 0.05) is 19.3 Å². The number of nitrogens with one attached hydrogen (secondary N) is 1. The Bertz CT molecular complexity index is 344. The lowest BCUT2D eigenvalue weighted by atomic mass is 9.97. The van der Waals surface area contributed by atoms with Gasteiger partial charge in [0.1, 0.15) is 5.75 Å². The van der Waals surface area contributed by atoms with E-state index in [0.717, 1.165) is 24.8 Å². The van der Waals surface area contributed by atoms with Crippen molar-refractivity contribution in [2.45, 2.75) is 19.8 Å². The summed E-state index contributed by atoms with van der Waals surface area (Å²) in [6.45, 7) is 6.22. The minimum absolute atomic E-state index is 0.726. The highest BCUT2D eigenvalue weighted by Crippen LogP contribution is 2.21. The Labute approximate surface area is 110 Å². The molecule has 0 spiro atoms. The standard InChI is InChI=1S/C15H24N2O/c1-3-18-15-6-4-14(5-7-15)17(2)12-13-8-10-16-11-9-13/h4-7,13,16H,3,8-12H2,1-2H3. The number of benzene rings is 1. The lowest BCUT2D eigenvalue weighted by Gasteiger charge is -2.28. The molecule has 2 rings (SSSR count). The number of ether oxygens (including phenoxy) is 1. The second-order valence-electron chi connectivity index (χ2n) is 5.00. The highest BCUT2D eigenvalue weighted by atomic mass is 16.5. The third kappa shape index (κ3) is 3.64. The number of hydrogen-bond acceptors (Lipinski definition) is 3. The van der Waals surface area contributed by atoms with Crippen LogP contribution < -0.4 is 15.0 Å². The van der Waals surface area contributed by atoms with Gasteiger partial charge in [0.15, 0.2) is 0 Å². The van der Waals surface area contributed by atoms with Crippen LogP contribution in [0.5, 0.6) is 5.75 Å². The molecule has 3 nitrogen and oxygen atoms in total. The van der Waals surface area contributed by atoms with Crippen molar-refractivity contribution >= 4 is 5.69 Å². The summed E-state index contributed by atoms with van der Waals surface area (Å²) < 4.78 is 5.46. The third-order valence-electron chi connectivity index (χ3n) is 3.58. The van der Waals surface area contributed by atoms with Crippen LogP contribution in [0.25, 0.3) is 0 Å². The average Bonchev–Trinajstić information content (AvgIpc) is 2.41. The van der Waals surface area contributed by atoms with Crippen molar-refractivity contribution in [3.8, 4) is 5.75 Å². The fraction of sp³-hybridized carbons (Fsp3) is 0.600. The van der Waals surface area contributed by atoms with Gasteiger partial charge in [-0.05, 0) is 63.0 Å². The van der Waals surface area contributed by atoms with E-state index in [-0.39, 0.29) is 0 Å². The minimum Gasteiger partial charge on any atom is -0.494 e. The van der Waals surface area contributed by atoms with Crippen LogP contribution in [0.4, 0.5) is 5.69 Å². The summed E-state index contributed by atoms with van der Waals surface area (Å²) in [4.78, 5) is 2.35. The average molecular weight is 248 g/mol. The highest BCUT2D eigenvalue weighted by Gasteiger charge is 2.15. The van der Waals surface area contributed by atoms with Gasteiger partial charge in [-0.3, -0.25) is 0 Å². The van der Waals surface area contributed by atoms with E-state index >= 15 is 0 Å². The lowest BCUT2D eigenvalue weighted by Crippen LogP contribution is -2.34. The zero-order valence-corrected chi connectivity index (χ0v) is 11.5. The normalized spacial score (nSPS) is 16.6. The van der Waals surface area contributed by atoms with E-state index in [1.54, 1.807) is 0 Å². The topological polar surface area (TPSA) is 24.5 Å². The Kier molecular flexibility index (Phi) is 4.88. The number of rotatable bonds is 5. The Balaban J connectivity index is 1.89. The Morgan fingerprint density at radius 2 is 1.89 bits per heavy atom. The van der Waals surface area contributed by atoms with Crippen LogP contribution in [0.3, 0.4) is 0 Å². The number of piperidine rings is 1. The predicted octanol–water partition coefficient (Wildman–Crippen LogP) is 2.52. The third-order valence-corrected chi connectivity index (χ3v) is 3.58. The van der Waals surface area contributed by atoms with E-state index in [1.165, 1.54) is 31.6 Å². The molecule has 0 amide bonds. The molecule has 0 radical (unpaired) electrons. The Morgan fingerprint density at radius 1 is 1.22 bits per heavy atom. The van der Waals surface area contributed by atoms with Crippen molar-refractivity contribution in [2.24, 2.45) is 5.92 Å². The smallest absolute Gasteiger partial charge is 0.119 e. The van der Waals surface area contributed by atoms with Crippen molar-refractivity contribution in [3.05, 3.63) is 24.3 Å². The van der Waals surface area contributed by atoms with Crippen molar-refractivity contribution in [1.82, 2.24) is 5.32 Å². The van der Waals surface area contributed by atoms with E-state index < -0.39 is 0 Å². The van der Waals surface area contributed by atoms with Gasteiger partial charge < -0.3 is 15.0 Å². The van der Waals surface area contributed by atoms with Gasteiger partial charge in [-0.1, -0.05) is 0 Å². The summed E-state index contributed by atoms with van der Waals surface area (Å²) in [5.74, 6) is 1.78. The molecule has 1 aromatic carbocycles. The zero-order valence-electron chi connectivity index (χ0n) is 11.5. The minimum atomic E-state index is 0.726. The first-order chi connectivity index (χ1) is 8.79. The van der Waals surface area contributed by atoms with Gasteiger partial charge in [-0.2, -0.15) is 0 Å². The summed E-state index contributed by atoms with van der Waals surface area (Å²) >= 11 is 0. The second-order valence-corrected chi connectivity index (χ2v) is 5.00. The van der Waals surface area contributed by atoms with Gasteiger partial charge in [0.05, 0.1) is 6.61 Å². The second kappa shape index (κ2) is 6.64. The summed E-state index contributed by atoms with van der Waals surface area (Å²) in [6, 6.07) is 8.40. The molecule has 1 saturated heterocycles. The summed E-state index contributed by atoms with van der Waals surface area (Å²) in [6.07, 6.45) is 2.59. The first-order valence-electron chi connectivity index (χ1n) is 6.94. The predicted molar refractivity (Wildman–Crippen MR) is 76.5 cm³/mol. The van der Waals surface area contributed by atoms with Gasteiger partial charge in [-0.15, -0.1) is 0 Å². The number of anilines is 1. The van der Waals surface area contributed by atoms with Gasteiger partial charge in [0.25, 0.3) is 0 Å². The molecule has 1 fully saturated rings. The largest absolute Gasteiger partial charge is 0.494 e. The maximum atomic E-state index is 5.46. The molecular weight excluding hydrogens is 224 g/mol. The zero-order chi connectivity index (χ0) is 12.8. The van der Waals surface area contributed by atoms with Crippen LogP contribution in [0.2, 0.25) is 0 Å². The van der Waals surface area contributed by atoms with Crippen LogP contribution >= 0.6 is 0 Å². The van der Waals surface area contributed by atoms with Crippen LogP contribution in [-0.4, -0.2) is 33.3 Å². The van der Waals surface area contributed by atoms with Crippen molar-refractivity contribution in [1.29, 1.82) is 0 Å². The molecule has 1 heterocycles. The van der Waals surface area contributed by atoms with Gasteiger partial charge in [-0.25, -0.2) is 0 Å². The molecular formula is C15H24N2O. The van der Waals surface area contributed by atoms with Crippen LogP contribution in [0.1, 0.15) is 19.8 Å². The highest BCUT2D eigenvalue weighted by molar-refractivity contribution is 5.48. The number of nitrogens with zero attached hydrogens (tertiary/aromatic N) is 1. The molecule has 1 aliphatic heterocycles. The molecule has 0 saturated carbocycles. The van der Waals surface area contributed by atoms with E-state index in [2.05, 4.69) is 41.5 Å². The molecule has 0 aromatic heterocycles. The molecule has 0 bridgehead atoms. The molecule has 0 unspecified atom stereocenters. The molecule has 1 aromatic rings. The van der Waals surface area contributed by atoms with Crippen LogP contribution in [0.15, 0.2) is 24.3 Å². The molecule has 0 aliphatic carbocycles. The SMILES string of the molecule is CCOc1ccc(N(C)CC2CCNCC2)cc1. The van der Waals surface area contributed by atoms with E-state index in [9.17, 15) is 0 Å². The summed E-state index contributed by atoms with van der Waals surface area (Å²) in [7, 11) is 2.18. The molecule has 18 heavy (non-hydrogen) atoms. The van der Waals surface area contributed by atoms with Crippen molar-refractivity contribution in [2.75, 3.05) is 38.2 Å². The fourth-order valence-electron chi connectivity index (χ4n) is 2.52. The quantitative estimate of drug-likeness (QED) is 0.866. The van der Waals surface area contributed by atoms with Crippen molar-refractivity contribution < 1.29 is 4.74 Å². The molecule has 0 atom stereocenters. The summed E-state index contributed by atoms with van der Waals surface area (Å²) in [5, 5.41) is 3.41. The first-order valence-corrected chi connectivity index (χ1v) is 6.94. The fourth-order valence-corrected chi connectivity index (χ4v) is 2.52. The Hall–Kier alpha value is -1.22. The lowest BCUT2D eigenvalue weighted by molar-refractivity contribution is 0.340. The van der Waals surface area contributed by atoms with E-state index in [0.29, 0.717) is 0 Å². The van der Waals surface area contributed by atoms with Crippen molar-refractivity contribution in [3.63, 3.8) is 0 Å². The Morgan fingerprint density at radius 3 is 2.50 bits per heavy atom. The van der Waals surface area contributed by atoms with Gasteiger partial charge in [0.2, 0.25) is 0 Å². The van der Waals surface area contributed by atoms with E-state index in [1.807, 2.05) is 6.92 Å². The molecule has 3 heteroatoms. The number of hydrogen-bond donors (Lipinski definition) is 1. The van der Waals surface area contributed by atoms with Crippen LogP contribution in [0, 0.1) is 5.92 Å². The van der Waals surface area contributed by atoms with Crippen LogP contribution in [-0.2, 0) is 0 Å². The monoisotopic (exact) mass is 248 g/mol. The first kappa shape index (κ1) is 13.2. The maximum absolute atomic E-state index is 5.46. The molecule has 1 N–H and O–H groups in total. The summed E-state index contributed by atoms with van der Waals surface area (Å²) in [5.41, 5.74) is 1.27. The molecule has 1 aliphatic rings. The van der Waals surface area contributed by atoms with E-state index in [4.69, 9.17) is 4.74 Å².